The molecule has 5 aromatic carbocycles. The molecule has 0 spiro atoms. The van der Waals surface area contributed by atoms with Crippen LogP contribution in [0.1, 0.15) is 169 Å². The normalized spacial score (nSPS) is 13.1. The number of fused-ring (bicyclic) bond motifs is 3. The summed E-state index contributed by atoms with van der Waals surface area (Å²) in [6.45, 7) is 17.9. The molecule has 1 heteroatoms. The highest BCUT2D eigenvalue weighted by molar-refractivity contribution is 5.82. The fourth-order valence-electron chi connectivity index (χ4n) is 8.82. The second-order valence-corrected chi connectivity index (χ2v) is 17.1. The van der Waals surface area contributed by atoms with Gasteiger partial charge in [0, 0.05) is 22.5 Å². The Morgan fingerprint density at radius 1 is 0.429 bits per heavy atom. The first kappa shape index (κ1) is 43.0. The van der Waals surface area contributed by atoms with Gasteiger partial charge in [-0.15, -0.1) is 0 Å². The summed E-state index contributed by atoms with van der Waals surface area (Å²) in [5.74, 6) is 0.598. The third-order valence-electron chi connectivity index (χ3n) is 12.5. The van der Waals surface area contributed by atoms with Crippen LogP contribution in [0, 0.1) is 27.7 Å². The highest BCUT2D eigenvalue weighted by Crippen LogP contribution is 2.54. The lowest BCUT2D eigenvalue weighted by molar-refractivity contribution is 0.397. The number of hydrogen-bond acceptors (Lipinski definition) is 1. The molecule has 56 heavy (non-hydrogen) atoms. The molecule has 0 N–H and O–H groups in total. The lowest BCUT2D eigenvalue weighted by atomic mass is 9.70. The van der Waals surface area contributed by atoms with Crippen LogP contribution in [0.4, 0.5) is 17.1 Å². The zero-order valence-electron chi connectivity index (χ0n) is 36.5. The van der Waals surface area contributed by atoms with Crippen LogP contribution in [0.3, 0.4) is 0 Å². The molecule has 0 amide bonds. The van der Waals surface area contributed by atoms with Gasteiger partial charge in [-0.2, -0.15) is 0 Å². The van der Waals surface area contributed by atoms with E-state index in [1.54, 1.807) is 11.1 Å². The number of anilines is 3. The largest absolute Gasteiger partial charge is 0.311 e. The van der Waals surface area contributed by atoms with Crippen molar-refractivity contribution in [1.29, 1.82) is 0 Å². The number of aryl methyl sites for hydroxylation is 4. The summed E-state index contributed by atoms with van der Waals surface area (Å²) in [5.41, 5.74) is 16.9. The van der Waals surface area contributed by atoms with Crippen molar-refractivity contribution in [3.8, 4) is 11.1 Å². The van der Waals surface area contributed by atoms with Crippen LogP contribution in [0.15, 0.2) is 109 Å². The van der Waals surface area contributed by atoms with Gasteiger partial charge < -0.3 is 4.90 Å². The Hall–Kier alpha value is -4.10. The number of benzene rings is 5. The first-order valence-electron chi connectivity index (χ1n) is 22.5. The van der Waals surface area contributed by atoms with Gasteiger partial charge in [-0.1, -0.05) is 200 Å². The van der Waals surface area contributed by atoms with E-state index in [4.69, 9.17) is 0 Å². The second-order valence-electron chi connectivity index (χ2n) is 17.1. The first-order valence-corrected chi connectivity index (χ1v) is 22.5. The highest BCUT2D eigenvalue weighted by atomic mass is 15.1. The summed E-state index contributed by atoms with van der Waals surface area (Å²) < 4.78 is 0. The van der Waals surface area contributed by atoms with E-state index in [2.05, 4.69) is 169 Å². The zero-order chi connectivity index (χ0) is 39.9. The van der Waals surface area contributed by atoms with Crippen LogP contribution in [0.25, 0.3) is 11.1 Å². The van der Waals surface area contributed by atoms with Crippen LogP contribution in [0.5, 0.6) is 0 Å². The minimum absolute atomic E-state index is 0.234. The standard InChI is InChI=1S/C31H46.C24H27N/c1-5-7-9-11-13-15-21-31(22-16-14-12-10-8-6-2)29-23-25(3)17-19-27(29)28-20-18-26(4)24-30(28)31;1-5-20(4)21-10-16-24(17-11-21)25(22-12-6-18(2)7-13-22)23-14-8-19(3)9-15-23/h17-20,23-24H,5-16,21-22H2,1-4H3;6-17,20H,5H2,1-4H3. The maximum Gasteiger partial charge on any atom is 0.0461 e. The van der Waals surface area contributed by atoms with Crippen LogP contribution in [-0.2, 0) is 5.41 Å². The molecule has 0 aromatic heterocycles. The molecule has 0 saturated heterocycles. The fourth-order valence-corrected chi connectivity index (χ4v) is 8.82. The maximum atomic E-state index is 2.53. The smallest absolute Gasteiger partial charge is 0.0461 e. The second kappa shape index (κ2) is 21.4. The fraction of sp³-hybridized carbons (Fsp3) is 0.455. The van der Waals surface area contributed by atoms with E-state index >= 15 is 0 Å². The van der Waals surface area contributed by atoms with Crippen molar-refractivity contribution in [3.63, 3.8) is 0 Å². The van der Waals surface area contributed by atoms with Gasteiger partial charge in [0.05, 0.1) is 0 Å². The minimum atomic E-state index is 0.234. The van der Waals surface area contributed by atoms with E-state index < -0.39 is 0 Å². The number of rotatable bonds is 19. The Morgan fingerprint density at radius 2 is 0.786 bits per heavy atom. The van der Waals surface area contributed by atoms with Gasteiger partial charge >= 0.3 is 0 Å². The molecule has 0 radical (unpaired) electrons. The molecule has 1 atom stereocenters. The maximum absolute atomic E-state index is 2.53. The van der Waals surface area contributed by atoms with Gasteiger partial charge in [0.1, 0.15) is 0 Å². The Kier molecular flexibility index (Phi) is 16.5. The summed E-state index contributed by atoms with van der Waals surface area (Å²) in [6.07, 6.45) is 20.4. The molecule has 1 aliphatic rings. The lowest BCUT2D eigenvalue weighted by Gasteiger charge is -2.33. The van der Waals surface area contributed by atoms with Crippen molar-refractivity contribution in [2.45, 2.75) is 163 Å². The van der Waals surface area contributed by atoms with E-state index in [0.717, 1.165) is 0 Å². The molecule has 0 saturated carbocycles. The van der Waals surface area contributed by atoms with Crippen LogP contribution < -0.4 is 4.90 Å². The Labute approximate surface area is 343 Å². The van der Waals surface area contributed by atoms with Gasteiger partial charge in [-0.25, -0.2) is 0 Å². The van der Waals surface area contributed by atoms with Gasteiger partial charge in [0.15, 0.2) is 0 Å². The average Bonchev–Trinajstić information content (AvgIpc) is 3.46. The monoisotopic (exact) mass is 748 g/mol. The summed E-state index contributed by atoms with van der Waals surface area (Å²) >= 11 is 0. The molecule has 1 aliphatic carbocycles. The molecule has 5 aromatic rings. The summed E-state index contributed by atoms with van der Waals surface area (Å²) in [6, 6.07) is 40.9. The molecular weight excluding hydrogens is 675 g/mol. The number of hydrogen-bond donors (Lipinski definition) is 0. The molecule has 0 heterocycles. The molecular formula is C55H73N. The Balaban J connectivity index is 0.000000219. The molecule has 0 aliphatic heterocycles. The zero-order valence-corrected chi connectivity index (χ0v) is 36.5. The van der Waals surface area contributed by atoms with Crippen molar-refractivity contribution in [1.82, 2.24) is 0 Å². The Morgan fingerprint density at radius 3 is 1.18 bits per heavy atom. The molecule has 0 bridgehead atoms. The lowest BCUT2D eigenvalue weighted by Crippen LogP contribution is -2.25. The van der Waals surface area contributed by atoms with Crippen molar-refractivity contribution in [3.05, 3.63) is 148 Å². The molecule has 0 fully saturated rings. The molecule has 6 rings (SSSR count). The van der Waals surface area contributed by atoms with Gasteiger partial charge in [-0.3, -0.25) is 0 Å². The summed E-state index contributed by atoms with van der Waals surface area (Å²) in [7, 11) is 0. The number of nitrogens with zero attached hydrogens (tertiary/aromatic N) is 1. The highest BCUT2D eigenvalue weighted by Gasteiger charge is 2.42. The van der Waals surface area contributed by atoms with Crippen molar-refractivity contribution < 1.29 is 0 Å². The summed E-state index contributed by atoms with van der Waals surface area (Å²) in [4.78, 5) is 2.32. The quantitative estimate of drug-likeness (QED) is 0.0760. The Bertz CT molecular complexity index is 1780. The molecule has 298 valence electrons. The molecule has 1 nitrogen and oxygen atoms in total. The predicted octanol–water partition coefficient (Wildman–Crippen LogP) is 17.4. The van der Waals surface area contributed by atoms with Gasteiger partial charge in [-0.05, 0) is 117 Å². The summed E-state index contributed by atoms with van der Waals surface area (Å²) in [5, 5.41) is 0. The predicted molar refractivity (Wildman–Crippen MR) is 247 cm³/mol. The first-order chi connectivity index (χ1) is 27.2. The third kappa shape index (κ3) is 11.1. The third-order valence-corrected chi connectivity index (χ3v) is 12.5. The SMILES string of the molecule is CCC(C)c1ccc(N(c2ccc(C)cc2)c2ccc(C)cc2)cc1.CCCCCCCCC1(CCCCCCCC)c2cc(C)ccc2-c2ccc(C)cc21. The van der Waals surface area contributed by atoms with E-state index in [0.29, 0.717) is 5.92 Å². The topological polar surface area (TPSA) is 3.24 Å². The van der Waals surface area contributed by atoms with Crippen molar-refractivity contribution >= 4 is 17.1 Å². The average molecular weight is 748 g/mol. The van der Waals surface area contributed by atoms with Crippen LogP contribution >= 0.6 is 0 Å². The van der Waals surface area contributed by atoms with E-state index in [1.807, 2.05) is 0 Å². The van der Waals surface area contributed by atoms with E-state index in [-0.39, 0.29) is 5.41 Å². The van der Waals surface area contributed by atoms with Crippen LogP contribution in [0.2, 0.25) is 0 Å². The minimum Gasteiger partial charge on any atom is -0.311 e. The van der Waals surface area contributed by atoms with Crippen LogP contribution in [-0.4, -0.2) is 0 Å². The van der Waals surface area contributed by atoms with Crippen molar-refractivity contribution in [2.24, 2.45) is 0 Å². The van der Waals surface area contributed by atoms with E-state index in [9.17, 15) is 0 Å². The van der Waals surface area contributed by atoms with Crippen molar-refractivity contribution in [2.75, 3.05) is 4.90 Å². The number of unbranched alkanes of at least 4 members (excludes halogenated alkanes) is 10. The van der Waals surface area contributed by atoms with Gasteiger partial charge in [0.25, 0.3) is 0 Å². The van der Waals surface area contributed by atoms with E-state index in [1.165, 1.54) is 152 Å². The van der Waals surface area contributed by atoms with Gasteiger partial charge in [0.2, 0.25) is 0 Å². The molecule has 1 unspecified atom stereocenters.